The van der Waals surface area contributed by atoms with Crippen molar-refractivity contribution in [2.24, 2.45) is 5.92 Å². The summed E-state index contributed by atoms with van der Waals surface area (Å²) in [6.07, 6.45) is -3.54. The van der Waals surface area contributed by atoms with Gasteiger partial charge < -0.3 is 14.7 Å². The van der Waals surface area contributed by atoms with Gasteiger partial charge in [-0.1, -0.05) is 26.0 Å². The van der Waals surface area contributed by atoms with E-state index in [1.54, 1.807) is 4.90 Å². The molecule has 8 nitrogen and oxygen atoms in total. The van der Waals surface area contributed by atoms with Gasteiger partial charge in [0.05, 0.1) is 35.2 Å². The van der Waals surface area contributed by atoms with Gasteiger partial charge >= 0.3 is 12.1 Å². The Labute approximate surface area is 224 Å². The Hall–Kier alpha value is -3.67. The molecule has 1 aromatic heterocycles. The molecule has 1 fully saturated rings. The van der Waals surface area contributed by atoms with Crippen molar-refractivity contribution >= 4 is 32.6 Å². The molecule has 0 saturated carbocycles. The third-order valence-electron chi connectivity index (χ3n) is 6.60. The van der Waals surface area contributed by atoms with Crippen LogP contribution in [0.2, 0.25) is 0 Å². The number of rotatable bonds is 5. The van der Waals surface area contributed by atoms with Crippen molar-refractivity contribution in [3.8, 4) is 17.0 Å². The number of amides is 1. The second kappa shape index (κ2) is 11.2. The molecule has 0 radical (unpaired) electrons. The summed E-state index contributed by atoms with van der Waals surface area (Å²) in [5, 5.41) is 9.86. The van der Waals surface area contributed by atoms with Crippen LogP contribution in [0.3, 0.4) is 0 Å². The molecule has 1 saturated heterocycles. The highest BCUT2D eigenvalue weighted by atomic mass is 32.2. The van der Waals surface area contributed by atoms with Crippen LogP contribution in [-0.4, -0.2) is 61.7 Å². The molecule has 39 heavy (non-hydrogen) atoms. The molecule has 3 aromatic rings. The van der Waals surface area contributed by atoms with E-state index in [0.29, 0.717) is 5.91 Å². The van der Waals surface area contributed by atoms with Crippen LogP contribution in [0.4, 0.5) is 13.2 Å². The van der Waals surface area contributed by atoms with Crippen molar-refractivity contribution in [1.82, 2.24) is 9.88 Å². The largest absolute Gasteiger partial charge is 0.495 e. The normalized spacial score (nSPS) is 15.7. The van der Waals surface area contributed by atoms with E-state index < -0.39 is 27.5 Å². The number of benzene rings is 2. The van der Waals surface area contributed by atoms with Crippen molar-refractivity contribution in [3.05, 3.63) is 53.1 Å². The zero-order valence-corrected chi connectivity index (χ0v) is 22.9. The third kappa shape index (κ3) is 6.16. The van der Waals surface area contributed by atoms with Crippen molar-refractivity contribution in [2.45, 2.75) is 38.3 Å². The van der Waals surface area contributed by atoms with E-state index in [2.05, 4.69) is 4.98 Å². The maximum Gasteiger partial charge on any atom is 0.416 e. The molecular weight excluding hydrogens is 537 g/mol. The Morgan fingerprint density at radius 3 is 2.36 bits per heavy atom. The molecule has 12 heteroatoms. The first-order valence-corrected chi connectivity index (χ1v) is 13.7. The molecular formula is C27H29F3N2O6S. The highest BCUT2D eigenvalue weighted by Gasteiger charge is 2.31. The van der Waals surface area contributed by atoms with E-state index in [-0.39, 0.29) is 55.6 Å². The van der Waals surface area contributed by atoms with E-state index in [4.69, 9.17) is 4.74 Å². The number of alkyl halides is 3. The molecule has 1 aliphatic heterocycles. The summed E-state index contributed by atoms with van der Waals surface area (Å²) in [4.78, 5) is 28.8. The minimum absolute atomic E-state index is 0.0305. The number of sulfone groups is 1. The molecule has 0 spiro atoms. The number of likely N-dealkylation sites (tertiary alicyclic amines) is 1. The van der Waals surface area contributed by atoms with Gasteiger partial charge in [-0.05, 0) is 37.1 Å². The van der Waals surface area contributed by atoms with Crippen LogP contribution in [0.5, 0.6) is 5.75 Å². The van der Waals surface area contributed by atoms with E-state index in [1.807, 2.05) is 14.0 Å². The molecule has 1 N–H and O–H groups in total. The van der Waals surface area contributed by atoms with Crippen LogP contribution in [0.25, 0.3) is 22.2 Å². The number of hydrogen-bond donors (Lipinski definition) is 1. The summed E-state index contributed by atoms with van der Waals surface area (Å²) in [6, 6.07) is 6.87. The number of carboxylic acids is 1. The van der Waals surface area contributed by atoms with Gasteiger partial charge in [0.1, 0.15) is 10.6 Å². The molecule has 1 atom stereocenters. The molecule has 1 aliphatic rings. The van der Waals surface area contributed by atoms with Crippen molar-refractivity contribution in [3.63, 3.8) is 0 Å². The fourth-order valence-electron chi connectivity index (χ4n) is 4.32. The number of pyridine rings is 1. The summed E-state index contributed by atoms with van der Waals surface area (Å²) in [7, 11) is -0.630. The number of hydrogen-bond acceptors (Lipinski definition) is 6. The first kappa shape index (κ1) is 29.9. The Kier molecular flexibility index (Phi) is 8.59. The summed E-state index contributed by atoms with van der Waals surface area (Å²) in [6.45, 7) is 5.78. The lowest BCUT2D eigenvalue weighted by molar-refractivity contribution is -0.137. The van der Waals surface area contributed by atoms with Gasteiger partial charge in [-0.3, -0.25) is 4.79 Å². The number of carboxylic acid groups (broad SMARTS) is 1. The van der Waals surface area contributed by atoms with E-state index >= 15 is 0 Å². The Bertz CT molecular complexity index is 1520. The number of nitrogens with zero attached hydrogens (tertiary/aromatic N) is 2. The second-order valence-electron chi connectivity index (χ2n) is 9.22. The topological polar surface area (TPSA) is 114 Å². The fraction of sp³-hybridized carbons (Fsp3) is 0.370. The van der Waals surface area contributed by atoms with Gasteiger partial charge in [0.25, 0.3) is 0 Å². The minimum atomic E-state index is -4.58. The Morgan fingerprint density at radius 2 is 1.90 bits per heavy atom. The SMILES string of the molecule is CC1CCN(C)C1=O.CCS(=O)(=O)c1cc2c(C(=O)O)c(C)c(-c3cccc(C(F)(F)F)c3)nc2cc1OC. The standard InChI is InChI=1S/C21H18F3NO5S.C6H11NO/c1-4-31(28,29)17-9-14-15(10-16(17)30-3)25-19(11(2)18(14)20(26)27)12-6-5-7-13(8-12)21(22,23)24;1-5-3-4-7(2)6(5)8/h5-10H,4H2,1-3H3,(H,26,27);5H,3-4H2,1-2H3. The van der Waals surface area contributed by atoms with E-state index in [9.17, 15) is 36.3 Å². The van der Waals surface area contributed by atoms with Gasteiger partial charge in [-0.25, -0.2) is 18.2 Å². The van der Waals surface area contributed by atoms with Crippen LogP contribution in [0, 0.1) is 12.8 Å². The van der Waals surface area contributed by atoms with Crippen LogP contribution in [-0.2, 0) is 20.8 Å². The lowest BCUT2D eigenvalue weighted by Crippen LogP contribution is -2.21. The lowest BCUT2D eigenvalue weighted by atomic mass is 9.96. The zero-order valence-electron chi connectivity index (χ0n) is 22.1. The number of carbonyl (C=O) groups excluding carboxylic acids is 1. The Balaban J connectivity index is 0.000000449. The summed E-state index contributed by atoms with van der Waals surface area (Å²) in [5.41, 5.74) is -0.811. The van der Waals surface area contributed by atoms with Crippen molar-refractivity contribution in [2.75, 3.05) is 26.5 Å². The smallest absolute Gasteiger partial charge is 0.416 e. The maximum atomic E-state index is 13.1. The molecule has 4 rings (SSSR count). The molecule has 0 aliphatic carbocycles. The number of ether oxygens (including phenoxy) is 1. The monoisotopic (exact) mass is 566 g/mol. The van der Waals surface area contributed by atoms with E-state index in [1.165, 1.54) is 45.2 Å². The van der Waals surface area contributed by atoms with Crippen LogP contribution in [0.1, 0.15) is 41.8 Å². The van der Waals surface area contributed by atoms with Crippen LogP contribution in [0.15, 0.2) is 41.3 Å². The number of halogens is 3. The molecule has 2 heterocycles. The average molecular weight is 567 g/mol. The number of fused-ring (bicyclic) bond motifs is 1. The quantitative estimate of drug-likeness (QED) is 0.451. The predicted molar refractivity (Wildman–Crippen MR) is 140 cm³/mol. The lowest BCUT2D eigenvalue weighted by Gasteiger charge is -2.16. The van der Waals surface area contributed by atoms with Gasteiger partial charge in [0.2, 0.25) is 5.91 Å². The van der Waals surface area contributed by atoms with Crippen LogP contribution < -0.4 is 4.74 Å². The molecule has 1 unspecified atom stereocenters. The molecule has 0 bridgehead atoms. The number of aromatic carboxylic acids is 1. The van der Waals surface area contributed by atoms with Crippen molar-refractivity contribution in [1.29, 1.82) is 0 Å². The molecule has 2 aromatic carbocycles. The number of methoxy groups -OCH3 is 1. The Morgan fingerprint density at radius 1 is 1.23 bits per heavy atom. The molecule has 1 amide bonds. The summed E-state index contributed by atoms with van der Waals surface area (Å²) < 4.78 is 69.5. The zero-order chi connectivity index (χ0) is 29.3. The number of aromatic nitrogens is 1. The van der Waals surface area contributed by atoms with Crippen LogP contribution >= 0.6 is 0 Å². The highest BCUT2D eigenvalue weighted by Crippen LogP contribution is 2.37. The summed E-state index contributed by atoms with van der Waals surface area (Å²) >= 11 is 0. The average Bonchev–Trinajstić information content (AvgIpc) is 3.18. The first-order valence-electron chi connectivity index (χ1n) is 12.0. The third-order valence-corrected chi connectivity index (χ3v) is 8.35. The maximum absolute atomic E-state index is 13.1. The second-order valence-corrected chi connectivity index (χ2v) is 11.5. The van der Waals surface area contributed by atoms with Gasteiger partial charge in [-0.2, -0.15) is 13.2 Å². The van der Waals surface area contributed by atoms with Gasteiger partial charge in [-0.15, -0.1) is 0 Å². The van der Waals surface area contributed by atoms with E-state index in [0.717, 1.165) is 25.1 Å². The van der Waals surface area contributed by atoms with Gasteiger partial charge in [0, 0.05) is 36.5 Å². The molecule has 210 valence electrons. The first-order chi connectivity index (χ1) is 18.1. The fourth-order valence-corrected chi connectivity index (χ4v) is 5.38. The minimum Gasteiger partial charge on any atom is -0.495 e. The van der Waals surface area contributed by atoms with Gasteiger partial charge in [0.15, 0.2) is 9.84 Å². The highest BCUT2D eigenvalue weighted by molar-refractivity contribution is 7.91. The summed E-state index contributed by atoms with van der Waals surface area (Å²) in [5.74, 6) is -1.04. The number of carbonyl (C=O) groups is 2. The van der Waals surface area contributed by atoms with Crippen molar-refractivity contribution < 1.29 is 41.0 Å². The predicted octanol–water partition coefficient (Wildman–Crippen LogP) is 5.21.